The Morgan fingerprint density at radius 3 is 2.53 bits per heavy atom. The third-order valence-electron chi connectivity index (χ3n) is 2.68. The lowest BCUT2D eigenvalue weighted by Gasteiger charge is -2.07. The second-order valence-electron chi connectivity index (χ2n) is 4.25. The molecule has 1 aromatic heterocycles. The van der Waals surface area contributed by atoms with Crippen LogP contribution in [0.5, 0.6) is 0 Å². The summed E-state index contributed by atoms with van der Waals surface area (Å²) in [6, 6.07) is 11.0. The van der Waals surface area contributed by atoms with Crippen molar-refractivity contribution < 1.29 is 4.79 Å². The summed E-state index contributed by atoms with van der Waals surface area (Å²) in [6.45, 7) is 4.79. The minimum Gasteiger partial charge on any atom is -0.385 e. The number of amides is 1. The molecule has 1 amide bonds. The Labute approximate surface area is 112 Å². The van der Waals surface area contributed by atoms with E-state index in [-0.39, 0.29) is 5.91 Å². The summed E-state index contributed by atoms with van der Waals surface area (Å²) in [7, 11) is 0. The van der Waals surface area contributed by atoms with Crippen LogP contribution in [0.15, 0.2) is 42.6 Å². The van der Waals surface area contributed by atoms with Crippen molar-refractivity contribution in [2.75, 3.05) is 17.2 Å². The summed E-state index contributed by atoms with van der Waals surface area (Å²) < 4.78 is 0. The number of nitrogens with one attached hydrogen (secondary N) is 2. The number of pyridine rings is 1. The minimum atomic E-state index is -0.117. The third-order valence-corrected chi connectivity index (χ3v) is 2.68. The van der Waals surface area contributed by atoms with Crippen LogP contribution in [-0.2, 0) is 0 Å². The molecule has 0 radical (unpaired) electrons. The van der Waals surface area contributed by atoms with Gasteiger partial charge in [-0.15, -0.1) is 0 Å². The van der Waals surface area contributed by atoms with Gasteiger partial charge < -0.3 is 10.6 Å². The van der Waals surface area contributed by atoms with Gasteiger partial charge >= 0.3 is 0 Å². The number of nitrogens with zero attached hydrogens (tertiary/aromatic N) is 1. The molecule has 2 N–H and O–H groups in total. The van der Waals surface area contributed by atoms with Crippen LogP contribution in [0.4, 0.5) is 11.4 Å². The highest BCUT2D eigenvalue weighted by atomic mass is 16.1. The predicted octanol–water partition coefficient (Wildman–Crippen LogP) is 3.07. The van der Waals surface area contributed by atoms with Gasteiger partial charge in [0.15, 0.2) is 0 Å². The van der Waals surface area contributed by atoms with Gasteiger partial charge in [-0.25, -0.2) is 0 Å². The Balaban J connectivity index is 2.07. The molecule has 0 fully saturated rings. The second-order valence-corrected chi connectivity index (χ2v) is 4.25. The summed E-state index contributed by atoms with van der Waals surface area (Å²) in [5, 5.41) is 6.04. The van der Waals surface area contributed by atoms with E-state index in [4.69, 9.17) is 0 Å². The number of hydrogen-bond acceptors (Lipinski definition) is 3. The zero-order valence-corrected chi connectivity index (χ0v) is 11.1. The molecule has 2 rings (SSSR count). The van der Waals surface area contributed by atoms with E-state index < -0.39 is 0 Å². The van der Waals surface area contributed by atoms with Crippen LogP contribution in [0.1, 0.15) is 23.0 Å². The lowest BCUT2D eigenvalue weighted by atomic mass is 10.2. The topological polar surface area (TPSA) is 54.0 Å². The fourth-order valence-electron chi connectivity index (χ4n) is 1.77. The smallest absolute Gasteiger partial charge is 0.255 e. The Morgan fingerprint density at radius 1 is 1.16 bits per heavy atom. The van der Waals surface area contributed by atoms with Crippen molar-refractivity contribution in [1.29, 1.82) is 0 Å². The lowest BCUT2D eigenvalue weighted by molar-refractivity contribution is 0.102. The largest absolute Gasteiger partial charge is 0.385 e. The van der Waals surface area contributed by atoms with Crippen LogP contribution >= 0.6 is 0 Å². The van der Waals surface area contributed by atoms with Gasteiger partial charge in [-0.3, -0.25) is 9.78 Å². The number of anilines is 2. The average Bonchev–Trinajstić information content (AvgIpc) is 2.40. The molecule has 0 atom stereocenters. The first-order valence-corrected chi connectivity index (χ1v) is 6.27. The highest BCUT2D eigenvalue weighted by Gasteiger charge is 2.05. The van der Waals surface area contributed by atoms with Gasteiger partial charge in [0.2, 0.25) is 0 Å². The van der Waals surface area contributed by atoms with E-state index in [1.54, 1.807) is 24.4 Å². The normalized spacial score (nSPS) is 10.0. The molecule has 1 aromatic carbocycles. The van der Waals surface area contributed by atoms with E-state index in [1.165, 1.54) is 0 Å². The maximum atomic E-state index is 12.0. The molecule has 4 nitrogen and oxygen atoms in total. The zero-order chi connectivity index (χ0) is 13.7. The highest BCUT2D eigenvalue weighted by Crippen LogP contribution is 2.12. The summed E-state index contributed by atoms with van der Waals surface area (Å²) in [5.74, 6) is -0.117. The molecule has 98 valence electrons. The fourth-order valence-corrected chi connectivity index (χ4v) is 1.77. The first-order valence-electron chi connectivity index (χ1n) is 6.27. The molecule has 0 spiro atoms. The standard InChI is InChI=1S/C15H17N3O/c1-3-16-13-6-4-12(5-7-13)15(19)18-14-8-9-17-11(2)10-14/h4-10,16H,3H2,1-2H3,(H,17,18,19). The quantitative estimate of drug-likeness (QED) is 0.882. The van der Waals surface area contributed by atoms with Crippen LogP contribution in [0.25, 0.3) is 0 Å². The molecule has 1 heterocycles. The predicted molar refractivity (Wildman–Crippen MR) is 77.5 cm³/mol. The first-order chi connectivity index (χ1) is 9.19. The van der Waals surface area contributed by atoms with Crippen molar-refractivity contribution in [3.63, 3.8) is 0 Å². The number of aryl methyl sites for hydroxylation is 1. The van der Waals surface area contributed by atoms with Crippen molar-refractivity contribution in [2.24, 2.45) is 0 Å². The molecule has 0 saturated carbocycles. The van der Waals surface area contributed by atoms with Crippen molar-refractivity contribution >= 4 is 17.3 Å². The van der Waals surface area contributed by atoms with Crippen LogP contribution in [0, 0.1) is 6.92 Å². The summed E-state index contributed by atoms with van der Waals surface area (Å²) in [6.07, 6.45) is 1.68. The van der Waals surface area contributed by atoms with Gasteiger partial charge in [0.05, 0.1) is 0 Å². The molecule has 2 aromatic rings. The van der Waals surface area contributed by atoms with Gasteiger partial charge in [-0.05, 0) is 50.2 Å². The van der Waals surface area contributed by atoms with Crippen LogP contribution in [-0.4, -0.2) is 17.4 Å². The monoisotopic (exact) mass is 255 g/mol. The van der Waals surface area contributed by atoms with Crippen LogP contribution in [0.3, 0.4) is 0 Å². The highest BCUT2D eigenvalue weighted by molar-refractivity contribution is 6.04. The van der Waals surface area contributed by atoms with Gasteiger partial charge in [0.1, 0.15) is 0 Å². The molecule has 4 heteroatoms. The molecule has 0 aliphatic heterocycles. The first kappa shape index (κ1) is 13.1. The number of hydrogen-bond donors (Lipinski definition) is 2. The van der Waals surface area contributed by atoms with E-state index in [2.05, 4.69) is 15.6 Å². The SMILES string of the molecule is CCNc1ccc(C(=O)Nc2ccnc(C)c2)cc1. The van der Waals surface area contributed by atoms with Gasteiger partial charge in [0.25, 0.3) is 5.91 Å². The van der Waals surface area contributed by atoms with Gasteiger partial charge in [-0.1, -0.05) is 0 Å². The molecular weight excluding hydrogens is 238 g/mol. The van der Waals surface area contributed by atoms with E-state index in [0.717, 1.165) is 23.6 Å². The molecule has 0 unspecified atom stereocenters. The van der Waals surface area contributed by atoms with Crippen LogP contribution < -0.4 is 10.6 Å². The minimum absolute atomic E-state index is 0.117. The molecule has 19 heavy (non-hydrogen) atoms. The van der Waals surface area contributed by atoms with Crippen molar-refractivity contribution in [3.05, 3.63) is 53.9 Å². The van der Waals surface area contributed by atoms with E-state index in [9.17, 15) is 4.79 Å². The number of rotatable bonds is 4. The van der Waals surface area contributed by atoms with Crippen molar-refractivity contribution in [2.45, 2.75) is 13.8 Å². The Morgan fingerprint density at radius 2 is 1.89 bits per heavy atom. The van der Waals surface area contributed by atoms with Gasteiger partial charge in [0, 0.05) is 35.4 Å². The van der Waals surface area contributed by atoms with Crippen LogP contribution in [0.2, 0.25) is 0 Å². The molecule has 0 aliphatic rings. The Hall–Kier alpha value is -2.36. The van der Waals surface area contributed by atoms with Gasteiger partial charge in [-0.2, -0.15) is 0 Å². The number of benzene rings is 1. The summed E-state index contributed by atoms with van der Waals surface area (Å²) in [4.78, 5) is 16.1. The van der Waals surface area contributed by atoms with Crippen molar-refractivity contribution in [1.82, 2.24) is 4.98 Å². The summed E-state index contributed by atoms with van der Waals surface area (Å²) in [5.41, 5.74) is 3.28. The Bertz CT molecular complexity index is 564. The van der Waals surface area contributed by atoms with Crippen molar-refractivity contribution in [3.8, 4) is 0 Å². The Kier molecular flexibility index (Phi) is 4.13. The molecule has 0 saturated heterocycles. The third kappa shape index (κ3) is 3.55. The zero-order valence-electron chi connectivity index (χ0n) is 11.1. The molecular formula is C15H17N3O. The number of aromatic nitrogens is 1. The average molecular weight is 255 g/mol. The second kappa shape index (κ2) is 6.00. The van der Waals surface area contributed by atoms with E-state index >= 15 is 0 Å². The van der Waals surface area contributed by atoms with E-state index in [0.29, 0.717) is 5.56 Å². The lowest BCUT2D eigenvalue weighted by Crippen LogP contribution is -2.12. The maximum absolute atomic E-state index is 12.0. The van der Waals surface area contributed by atoms with E-state index in [1.807, 2.05) is 32.0 Å². The number of carbonyl (C=O) groups is 1. The fraction of sp³-hybridized carbons (Fsp3) is 0.200. The molecule has 0 bridgehead atoms. The number of carbonyl (C=O) groups excluding carboxylic acids is 1. The summed E-state index contributed by atoms with van der Waals surface area (Å²) >= 11 is 0. The molecule has 0 aliphatic carbocycles. The maximum Gasteiger partial charge on any atom is 0.255 e.